The van der Waals surface area contributed by atoms with Crippen molar-refractivity contribution in [3.63, 3.8) is 0 Å². The molecule has 0 saturated carbocycles. The number of hydrazone groups is 1. The van der Waals surface area contributed by atoms with E-state index in [9.17, 15) is 4.79 Å². The van der Waals surface area contributed by atoms with Gasteiger partial charge in [-0.1, -0.05) is 18.2 Å². The van der Waals surface area contributed by atoms with E-state index in [0.717, 1.165) is 43.4 Å². The number of hydrogen-bond donors (Lipinski definition) is 1. The molecule has 5 nitrogen and oxygen atoms in total. The number of amides is 1. The van der Waals surface area contributed by atoms with E-state index < -0.39 is 0 Å². The Labute approximate surface area is 145 Å². The average Bonchev–Trinajstić information content (AvgIpc) is 3.16. The summed E-state index contributed by atoms with van der Waals surface area (Å²) in [4.78, 5) is 15.6. The summed E-state index contributed by atoms with van der Waals surface area (Å²) >= 11 is 1.60. The summed E-state index contributed by atoms with van der Waals surface area (Å²) in [6, 6.07) is 11.6. The van der Waals surface area contributed by atoms with Gasteiger partial charge in [-0.25, -0.2) is 5.43 Å². The molecule has 1 aromatic carbocycles. The maximum absolute atomic E-state index is 12.2. The molecule has 0 atom stereocenters. The molecular formula is C18H21N3O2S. The van der Waals surface area contributed by atoms with Crippen molar-refractivity contribution in [1.82, 2.24) is 10.3 Å². The summed E-state index contributed by atoms with van der Waals surface area (Å²) in [5.41, 5.74) is 5.24. The van der Waals surface area contributed by atoms with E-state index in [-0.39, 0.29) is 5.91 Å². The van der Waals surface area contributed by atoms with E-state index in [1.807, 2.05) is 48.7 Å². The molecule has 0 aliphatic carbocycles. The van der Waals surface area contributed by atoms with Crippen LogP contribution < -0.4 is 5.43 Å². The maximum Gasteiger partial charge on any atom is 0.271 e. The van der Waals surface area contributed by atoms with Gasteiger partial charge in [0.05, 0.1) is 18.9 Å². The second-order valence-electron chi connectivity index (χ2n) is 5.70. The Morgan fingerprint density at radius 2 is 2.00 bits per heavy atom. The lowest BCUT2D eigenvalue weighted by atomic mass is 10.1. The molecule has 1 aliphatic rings. The highest BCUT2D eigenvalue weighted by molar-refractivity contribution is 7.12. The highest BCUT2D eigenvalue weighted by Crippen LogP contribution is 2.11. The maximum atomic E-state index is 12.2. The lowest BCUT2D eigenvalue weighted by Gasteiger charge is -2.26. The van der Waals surface area contributed by atoms with E-state index in [0.29, 0.717) is 5.56 Å². The van der Waals surface area contributed by atoms with E-state index in [4.69, 9.17) is 4.74 Å². The van der Waals surface area contributed by atoms with Gasteiger partial charge in [-0.3, -0.25) is 9.69 Å². The van der Waals surface area contributed by atoms with Crippen LogP contribution in [-0.2, 0) is 11.3 Å². The van der Waals surface area contributed by atoms with Crippen molar-refractivity contribution in [3.05, 3.63) is 57.8 Å². The second-order valence-corrected chi connectivity index (χ2v) is 6.65. The minimum absolute atomic E-state index is 0.191. The number of morpholine rings is 1. The smallest absolute Gasteiger partial charge is 0.271 e. The van der Waals surface area contributed by atoms with Crippen LogP contribution in [0, 0.1) is 0 Å². The molecule has 1 saturated heterocycles. The number of carbonyl (C=O) groups excluding carboxylic acids is 1. The molecular weight excluding hydrogens is 322 g/mol. The quantitative estimate of drug-likeness (QED) is 0.671. The van der Waals surface area contributed by atoms with Gasteiger partial charge in [0.2, 0.25) is 0 Å². The third-order valence-corrected chi connectivity index (χ3v) is 4.91. The van der Waals surface area contributed by atoms with Crippen LogP contribution in [0.5, 0.6) is 0 Å². The van der Waals surface area contributed by atoms with Crippen molar-refractivity contribution < 1.29 is 9.53 Å². The predicted octanol–water partition coefficient (Wildman–Crippen LogP) is 2.73. The van der Waals surface area contributed by atoms with E-state index in [1.165, 1.54) is 5.56 Å². The van der Waals surface area contributed by atoms with Crippen LogP contribution in [0.15, 0.2) is 46.9 Å². The highest BCUT2D eigenvalue weighted by Gasteiger charge is 2.11. The molecule has 2 aromatic rings. The molecule has 1 aromatic heterocycles. The molecule has 0 unspecified atom stereocenters. The fraction of sp³-hybridized carbons (Fsp3) is 0.333. The van der Waals surface area contributed by atoms with Gasteiger partial charge in [0.25, 0.3) is 5.91 Å². The number of carbonyl (C=O) groups is 1. The number of thiophene rings is 1. The van der Waals surface area contributed by atoms with Crippen LogP contribution in [-0.4, -0.2) is 42.8 Å². The van der Waals surface area contributed by atoms with Crippen LogP contribution in [0.4, 0.5) is 0 Å². The lowest BCUT2D eigenvalue weighted by molar-refractivity contribution is 0.0342. The van der Waals surface area contributed by atoms with Gasteiger partial charge in [-0.2, -0.15) is 5.10 Å². The molecule has 1 fully saturated rings. The van der Waals surface area contributed by atoms with Crippen molar-refractivity contribution >= 4 is 23.0 Å². The van der Waals surface area contributed by atoms with Crippen molar-refractivity contribution in [2.45, 2.75) is 13.5 Å². The molecule has 0 bridgehead atoms. The molecule has 0 radical (unpaired) electrons. The highest BCUT2D eigenvalue weighted by atomic mass is 32.1. The van der Waals surface area contributed by atoms with E-state index in [1.54, 1.807) is 11.3 Å². The average molecular weight is 343 g/mol. The fourth-order valence-electron chi connectivity index (χ4n) is 2.52. The van der Waals surface area contributed by atoms with Crippen molar-refractivity contribution in [2.75, 3.05) is 26.3 Å². The number of nitrogens with zero attached hydrogens (tertiary/aromatic N) is 2. The Morgan fingerprint density at radius 3 is 2.67 bits per heavy atom. The van der Waals surface area contributed by atoms with Crippen LogP contribution in [0.1, 0.15) is 27.7 Å². The third kappa shape index (κ3) is 4.50. The number of ether oxygens (including phenoxy) is 1. The number of nitrogens with one attached hydrogen (secondary N) is 1. The third-order valence-electron chi connectivity index (χ3n) is 3.93. The van der Waals surface area contributed by atoms with Crippen molar-refractivity contribution in [3.8, 4) is 0 Å². The van der Waals surface area contributed by atoms with E-state index in [2.05, 4.69) is 15.4 Å². The Hall–Kier alpha value is -2.02. The number of hydrogen-bond acceptors (Lipinski definition) is 5. The second kappa shape index (κ2) is 8.19. The number of rotatable bonds is 5. The van der Waals surface area contributed by atoms with Crippen LogP contribution in [0.2, 0.25) is 0 Å². The summed E-state index contributed by atoms with van der Waals surface area (Å²) < 4.78 is 5.35. The van der Waals surface area contributed by atoms with Crippen LogP contribution >= 0.6 is 11.3 Å². The fourth-order valence-corrected chi connectivity index (χ4v) is 3.19. The normalized spacial score (nSPS) is 16.1. The van der Waals surface area contributed by atoms with Gasteiger partial charge in [-0.15, -0.1) is 11.3 Å². The predicted molar refractivity (Wildman–Crippen MR) is 96.5 cm³/mol. The lowest BCUT2D eigenvalue weighted by Crippen LogP contribution is -2.35. The molecule has 3 rings (SSSR count). The number of benzene rings is 1. The monoisotopic (exact) mass is 343 g/mol. The summed E-state index contributed by atoms with van der Waals surface area (Å²) in [6.45, 7) is 6.28. The van der Waals surface area contributed by atoms with Gasteiger partial charge in [-0.05, 0) is 36.1 Å². The summed E-state index contributed by atoms with van der Waals surface area (Å²) in [5, 5.41) is 6.15. The summed E-state index contributed by atoms with van der Waals surface area (Å²) in [5.74, 6) is -0.191. The largest absolute Gasteiger partial charge is 0.379 e. The summed E-state index contributed by atoms with van der Waals surface area (Å²) in [7, 11) is 0. The minimum Gasteiger partial charge on any atom is -0.379 e. The topological polar surface area (TPSA) is 53.9 Å². The first kappa shape index (κ1) is 16.8. The van der Waals surface area contributed by atoms with Crippen LogP contribution in [0.25, 0.3) is 0 Å². The standard InChI is InChI=1S/C18H21N3O2S/c1-14(17-3-2-12-24-17)19-20-18(22)16-6-4-15(5-7-16)13-21-8-10-23-11-9-21/h2-7,12H,8-11,13H2,1H3,(H,20,22)/b19-14-. The van der Waals surface area contributed by atoms with Crippen molar-refractivity contribution in [1.29, 1.82) is 0 Å². The van der Waals surface area contributed by atoms with Gasteiger partial charge in [0.1, 0.15) is 0 Å². The molecule has 0 spiro atoms. The van der Waals surface area contributed by atoms with Gasteiger partial charge < -0.3 is 4.74 Å². The Kier molecular flexibility index (Phi) is 5.74. The SMILES string of the molecule is C/C(=N/NC(=O)c1ccc(CN2CCOCC2)cc1)c1cccs1. The molecule has 1 N–H and O–H groups in total. The molecule has 2 heterocycles. The first-order valence-corrected chi connectivity index (χ1v) is 8.88. The minimum atomic E-state index is -0.191. The molecule has 126 valence electrons. The van der Waals surface area contributed by atoms with E-state index >= 15 is 0 Å². The van der Waals surface area contributed by atoms with Gasteiger partial charge >= 0.3 is 0 Å². The van der Waals surface area contributed by atoms with Gasteiger partial charge in [0.15, 0.2) is 0 Å². The first-order chi connectivity index (χ1) is 11.7. The summed E-state index contributed by atoms with van der Waals surface area (Å²) in [6.07, 6.45) is 0. The molecule has 1 amide bonds. The first-order valence-electron chi connectivity index (χ1n) is 8.00. The van der Waals surface area contributed by atoms with Gasteiger partial charge in [0, 0.05) is 30.1 Å². The van der Waals surface area contributed by atoms with Crippen molar-refractivity contribution in [2.24, 2.45) is 5.10 Å². The zero-order valence-corrected chi connectivity index (χ0v) is 14.5. The zero-order chi connectivity index (χ0) is 16.8. The zero-order valence-electron chi connectivity index (χ0n) is 13.7. The molecule has 6 heteroatoms. The Morgan fingerprint density at radius 1 is 1.25 bits per heavy atom. The molecule has 24 heavy (non-hydrogen) atoms. The Bertz CT molecular complexity index is 690. The Balaban J connectivity index is 1.56. The molecule has 1 aliphatic heterocycles. The van der Waals surface area contributed by atoms with Crippen LogP contribution in [0.3, 0.4) is 0 Å².